The van der Waals surface area contributed by atoms with Gasteiger partial charge in [0, 0.05) is 5.56 Å². The summed E-state index contributed by atoms with van der Waals surface area (Å²) in [5.41, 5.74) is 2.25. The normalized spacial score (nSPS) is 13.1. The molecule has 3 amide bonds. The topological polar surface area (TPSA) is 140 Å². The second-order valence-electron chi connectivity index (χ2n) is 6.58. The Kier molecular flexibility index (Phi) is 5.76. The fraction of sp³-hybridized carbons (Fsp3) is 0.211. The third kappa shape index (κ3) is 4.26. The number of fused-ring (bicyclic) bond motifs is 1. The van der Waals surface area contributed by atoms with E-state index >= 15 is 0 Å². The molecule has 0 aromatic heterocycles. The van der Waals surface area contributed by atoms with Gasteiger partial charge in [-0.05, 0) is 50.2 Å². The zero-order valence-electron chi connectivity index (χ0n) is 16.3. The first-order valence-corrected chi connectivity index (χ1v) is 10.3. The summed E-state index contributed by atoms with van der Waals surface area (Å²) in [5.74, 6) is -1.27. The summed E-state index contributed by atoms with van der Waals surface area (Å²) >= 11 is 0. The van der Waals surface area contributed by atoms with Gasteiger partial charge >= 0.3 is 0 Å². The predicted octanol–water partition coefficient (Wildman–Crippen LogP) is 0.989. The molecule has 2 aromatic rings. The van der Waals surface area contributed by atoms with Crippen molar-refractivity contribution in [2.45, 2.75) is 24.8 Å². The first-order valence-electron chi connectivity index (χ1n) is 8.79. The van der Waals surface area contributed by atoms with E-state index in [0.717, 1.165) is 12.1 Å². The molecule has 1 aliphatic heterocycles. The number of nitrogens with one attached hydrogen (secondary N) is 3. The number of imide groups is 1. The highest BCUT2D eigenvalue weighted by Crippen LogP contribution is 2.29. The zero-order valence-corrected chi connectivity index (χ0v) is 17.1. The Hall–Kier alpha value is -3.44. The highest BCUT2D eigenvalue weighted by Gasteiger charge is 2.29. The number of hydrazine groups is 1. The number of carbonyl (C=O) groups is 3. The SMILES string of the molecule is COc1cc(C(=O)NNS(=O)(=O)c2ccc3c(c2)C(=O)NC3=O)ccc1OC(C)C. The van der Waals surface area contributed by atoms with E-state index in [4.69, 9.17) is 9.47 Å². The molecule has 0 spiro atoms. The Balaban J connectivity index is 1.75. The van der Waals surface area contributed by atoms with Gasteiger partial charge in [-0.3, -0.25) is 25.1 Å². The van der Waals surface area contributed by atoms with Gasteiger partial charge in [-0.25, -0.2) is 8.42 Å². The van der Waals surface area contributed by atoms with E-state index < -0.39 is 27.7 Å². The first kappa shape index (κ1) is 21.3. The van der Waals surface area contributed by atoms with E-state index in [2.05, 4.69) is 10.7 Å². The number of methoxy groups -OCH3 is 1. The van der Waals surface area contributed by atoms with Crippen molar-refractivity contribution < 1.29 is 32.3 Å². The molecule has 3 rings (SSSR count). The van der Waals surface area contributed by atoms with Crippen molar-refractivity contribution in [1.29, 1.82) is 0 Å². The maximum absolute atomic E-state index is 12.5. The van der Waals surface area contributed by atoms with Gasteiger partial charge in [0.25, 0.3) is 27.7 Å². The van der Waals surface area contributed by atoms with Gasteiger partial charge in [-0.1, -0.05) is 0 Å². The summed E-state index contributed by atoms with van der Waals surface area (Å²) in [7, 11) is -2.78. The molecular formula is C19H19N3O7S. The van der Waals surface area contributed by atoms with E-state index in [9.17, 15) is 22.8 Å². The highest BCUT2D eigenvalue weighted by atomic mass is 32.2. The van der Waals surface area contributed by atoms with E-state index in [1.807, 2.05) is 18.7 Å². The molecule has 0 bridgehead atoms. The first-order chi connectivity index (χ1) is 14.1. The Morgan fingerprint density at radius 1 is 1.00 bits per heavy atom. The minimum absolute atomic E-state index is 0.0559. The number of amides is 3. The monoisotopic (exact) mass is 433 g/mol. The standard InChI is InChI=1S/C19H19N3O7S/c1-10(2)29-15-7-4-11(8-16(15)28-3)17(23)21-22-30(26,27)12-5-6-13-14(9-12)19(25)20-18(13)24/h4-10,22H,1-3H3,(H,21,23)(H,20,24,25). The molecule has 30 heavy (non-hydrogen) atoms. The molecule has 158 valence electrons. The van der Waals surface area contributed by atoms with Crippen LogP contribution in [0.4, 0.5) is 0 Å². The van der Waals surface area contributed by atoms with Crippen LogP contribution in [0.25, 0.3) is 0 Å². The van der Waals surface area contributed by atoms with Crippen molar-refractivity contribution in [1.82, 2.24) is 15.6 Å². The van der Waals surface area contributed by atoms with E-state index in [1.54, 1.807) is 6.07 Å². The van der Waals surface area contributed by atoms with Crippen molar-refractivity contribution in [3.8, 4) is 11.5 Å². The van der Waals surface area contributed by atoms with Crippen LogP contribution in [0.5, 0.6) is 11.5 Å². The van der Waals surface area contributed by atoms with Crippen LogP contribution in [-0.4, -0.2) is 39.4 Å². The largest absolute Gasteiger partial charge is 0.493 e. The van der Waals surface area contributed by atoms with Gasteiger partial charge in [0.05, 0.1) is 29.2 Å². The highest BCUT2D eigenvalue weighted by molar-refractivity contribution is 7.89. The van der Waals surface area contributed by atoms with Crippen molar-refractivity contribution in [2.24, 2.45) is 0 Å². The molecule has 0 saturated carbocycles. The fourth-order valence-corrected chi connectivity index (χ4v) is 3.58. The van der Waals surface area contributed by atoms with Gasteiger partial charge < -0.3 is 9.47 Å². The van der Waals surface area contributed by atoms with E-state index in [0.29, 0.717) is 11.5 Å². The molecule has 3 N–H and O–H groups in total. The average molecular weight is 433 g/mol. The second-order valence-corrected chi connectivity index (χ2v) is 8.26. The molecule has 0 unspecified atom stereocenters. The summed E-state index contributed by atoms with van der Waals surface area (Å²) in [6.07, 6.45) is -0.102. The van der Waals surface area contributed by atoms with Gasteiger partial charge in [0.15, 0.2) is 11.5 Å². The van der Waals surface area contributed by atoms with Crippen LogP contribution in [0, 0.1) is 0 Å². The van der Waals surface area contributed by atoms with Gasteiger partial charge in [0.1, 0.15) is 0 Å². The van der Waals surface area contributed by atoms with Crippen LogP contribution in [0.2, 0.25) is 0 Å². The zero-order chi connectivity index (χ0) is 22.1. The summed E-state index contributed by atoms with van der Waals surface area (Å²) in [5, 5.41) is 2.07. The molecule has 0 atom stereocenters. The number of ether oxygens (including phenoxy) is 2. The Bertz CT molecular complexity index is 1140. The third-order valence-electron chi connectivity index (χ3n) is 4.11. The number of rotatable bonds is 7. The molecule has 11 heteroatoms. The Morgan fingerprint density at radius 2 is 1.70 bits per heavy atom. The lowest BCUT2D eigenvalue weighted by atomic mass is 10.1. The summed E-state index contributed by atoms with van der Waals surface area (Å²) in [4.78, 5) is 37.3. The van der Waals surface area contributed by atoms with Crippen LogP contribution in [0.15, 0.2) is 41.3 Å². The summed E-state index contributed by atoms with van der Waals surface area (Å²) in [6, 6.07) is 7.85. The molecule has 0 aliphatic carbocycles. The Labute approximate surface area is 172 Å². The van der Waals surface area contributed by atoms with Gasteiger partial charge in [0.2, 0.25) is 0 Å². The molecule has 0 saturated heterocycles. The maximum Gasteiger partial charge on any atom is 0.266 e. The maximum atomic E-state index is 12.5. The molecule has 0 radical (unpaired) electrons. The smallest absolute Gasteiger partial charge is 0.266 e. The quantitative estimate of drug-likeness (QED) is 0.437. The molecule has 10 nitrogen and oxygen atoms in total. The third-order valence-corrected chi connectivity index (χ3v) is 5.35. The molecule has 1 aliphatic rings. The number of sulfonamides is 1. The van der Waals surface area contributed by atoms with Crippen molar-refractivity contribution in [2.75, 3.05) is 7.11 Å². The van der Waals surface area contributed by atoms with Crippen molar-refractivity contribution >= 4 is 27.7 Å². The van der Waals surface area contributed by atoms with E-state index in [1.165, 1.54) is 25.3 Å². The van der Waals surface area contributed by atoms with Gasteiger partial charge in [-0.15, -0.1) is 4.83 Å². The summed E-state index contributed by atoms with van der Waals surface area (Å²) in [6.45, 7) is 3.68. The van der Waals surface area contributed by atoms with Crippen molar-refractivity contribution in [3.05, 3.63) is 53.1 Å². The molecule has 1 heterocycles. The Morgan fingerprint density at radius 3 is 2.37 bits per heavy atom. The number of hydrogen-bond donors (Lipinski definition) is 3. The second kappa shape index (κ2) is 8.13. The summed E-state index contributed by atoms with van der Waals surface area (Å²) < 4.78 is 35.7. The number of carbonyl (C=O) groups excluding carboxylic acids is 3. The number of benzene rings is 2. The fourth-order valence-electron chi connectivity index (χ4n) is 2.72. The minimum atomic E-state index is -4.19. The molecule has 0 fully saturated rings. The predicted molar refractivity (Wildman–Crippen MR) is 105 cm³/mol. The van der Waals surface area contributed by atoms with Crippen LogP contribution < -0.4 is 25.0 Å². The molecular weight excluding hydrogens is 414 g/mol. The van der Waals surface area contributed by atoms with Crippen LogP contribution >= 0.6 is 0 Å². The van der Waals surface area contributed by atoms with Crippen molar-refractivity contribution in [3.63, 3.8) is 0 Å². The lowest BCUT2D eigenvalue weighted by Crippen LogP contribution is -2.41. The number of hydrogen-bond acceptors (Lipinski definition) is 7. The lowest BCUT2D eigenvalue weighted by molar-refractivity contribution is 0.0877. The average Bonchev–Trinajstić information content (AvgIpc) is 2.99. The van der Waals surface area contributed by atoms with Gasteiger partial charge in [-0.2, -0.15) is 0 Å². The van der Waals surface area contributed by atoms with Crippen LogP contribution in [-0.2, 0) is 10.0 Å². The minimum Gasteiger partial charge on any atom is -0.493 e. The van der Waals surface area contributed by atoms with Crippen LogP contribution in [0.3, 0.4) is 0 Å². The lowest BCUT2D eigenvalue weighted by Gasteiger charge is -2.14. The van der Waals surface area contributed by atoms with E-state index in [-0.39, 0.29) is 27.7 Å². The molecule has 2 aromatic carbocycles. The van der Waals surface area contributed by atoms with Crippen LogP contribution in [0.1, 0.15) is 44.9 Å².